The maximum atomic E-state index is 9.12. The molecule has 122 valence electrons. The number of nitrogens with zero attached hydrogens (tertiary/aromatic N) is 1. The Labute approximate surface area is 154 Å². The minimum Gasteiger partial charge on any atom is -0.411 e. The summed E-state index contributed by atoms with van der Waals surface area (Å²) in [5.74, 6) is 0. The summed E-state index contributed by atoms with van der Waals surface area (Å²) in [6.07, 6.45) is 1.52. The van der Waals surface area contributed by atoms with Crippen LogP contribution in [0.25, 0.3) is 21.5 Å². The molecule has 0 unspecified atom stereocenters. The van der Waals surface area contributed by atoms with Crippen LogP contribution in [0.3, 0.4) is 0 Å². The van der Waals surface area contributed by atoms with Gasteiger partial charge < -0.3 is 5.21 Å². The molecule has 4 heteroatoms. The number of hydrogen-bond donors (Lipinski definition) is 1. The van der Waals surface area contributed by atoms with Crippen molar-refractivity contribution < 1.29 is 5.21 Å². The van der Waals surface area contributed by atoms with Gasteiger partial charge in [-0.2, -0.15) is 0 Å². The quantitative estimate of drug-likeness (QED) is 0.192. The molecule has 0 aliphatic carbocycles. The lowest BCUT2D eigenvalue weighted by Crippen LogP contribution is -1.91. The van der Waals surface area contributed by atoms with Crippen molar-refractivity contribution in [1.82, 2.24) is 0 Å². The summed E-state index contributed by atoms with van der Waals surface area (Å²) < 4.78 is 0. The number of hydrogen-bond acceptors (Lipinski definition) is 3. The second-order valence-electron chi connectivity index (χ2n) is 5.63. The summed E-state index contributed by atoms with van der Waals surface area (Å²) in [5, 5.41) is 17.5. The van der Waals surface area contributed by atoms with Gasteiger partial charge in [0.05, 0.1) is 6.21 Å². The molecule has 0 heterocycles. The van der Waals surface area contributed by atoms with E-state index in [0.29, 0.717) is 0 Å². The van der Waals surface area contributed by atoms with Gasteiger partial charge in [0.1, 0.15) is 0 Å². The Balaban J connectivity index is 2.04. The van der Waals surface area contributed by atoms with Gasteiger partial charge in [-0.1, -0.05) is 77.0 Å². The maximum absolute atomic E-state index is 9.12. The molecule has 1 N–H and O–H groups in total. The lowest BCUT2D eigenvalue weighted by Gasteiger charge is -2.14. The molecule has 0 radical (unpaired) electrons. The number of oxime groups is 1. The maximum Gasteiger partial charge on any atom is 0.0746 e. The first-order valence-electron chi connectivity index (χ1n) is 7.82. The van der Waals surface area contributed by atoms with Crippen molar-refractivity contribution in [2.75, 3.05) is 0 Å². The summed E-state index contributed by atoms with van der Waals surface area (Å²) >= 11 is 7.73. The highest BCUT2D eigenvalue weighted by Gasteiger charge is 2.13. The molecule has 0 amide bonds. The zero-order valence-electron chi connectivity index (χ0n) is 13.2. The van der Waals surface area contributed by atoms with Crippen LogP contribution >= 0.6 is 23.4 Å². The van der Waals surface area contributed by atoms with Gasteiger partial charge in [0.2, 0.25) is 0 Å². The van der Waals surface area contributed by atoms with Crippen molar-refractivity contribution in [3.63, 3.8) is 0 Å². The average Bonchev–Trinajstić information content (AvgIpc) is 2.66. The molecule has 0 spiro atoms. The first-order valence-corrected chi connectivity index (χ1v) is 9.01. The van der Waals surface area contributed by atoms with E-state index in [1.54, 1.807) is 11.8 Å². The summed E-state index contributed by atoms with van der Waals surface area (Å²) in [6, 6.07) is 24.3. The van der Waals surface area contributed by atoms with Crippen molar-refractivity contribution >= 4 is 51.1 Å². The Bertz CT molecular complexity index is 1030. The molecule has 25 heavy (non-hydrogen) atoms. The van der Waals surface area contributed by atoms with Crippen molar-refractivity contribution in [2.45, 2.75) is 9.79 Å². The SMILES string of the molecule is ON=Cc1c2ccccc2c(Sc2ccc(Cl)cc2)c2ccccc12. The van der Waals surface area contributed by atoms with Gasteiger partial charge in [-0.25, -0.2) is 0 Å². The first kappa shape index (κ1) is 16.0. The van der Waals surface area contributed by atoms with E-state index in [-0.39, 0.29) is 0 Å². The molecule has 0 saturated carbocycles. The summed E-state index contributed by atoms with van der Waals surface area (Å²) in [4.78, 5) is 2.31. The fraction of sp³-hybridized carbons (Fsp3) is 0. The van der Waals surface area contributed by atoms with Crippen LogP contribution in [0.15, 0.2) is 87.7 Å². The third kappa shape index (κ3) is 2.97. The van der Waals surface area contributed by atoms with E-state index in [0.717, 1.165) is 37.0 Å². The number of rotatable bonds is 3. The number of fused-ring (bicyclic) bond motifs is 2. The van der Waals surface area contributed by atoms with E-state index in [1.807, 2.05) is 48.5 Å². The fourth-order valence-corrected chi connectivity index (χ4v) is 4.26. The number of halogens is 1. The molecule has 2 nitrogen and oxygen atoms in total. The van der Waals surface area contributed by atoms with Crippen LogP contribution in [0.4, 0.5) is 0 Å². The second kappa shape index (κ2) is 6.79. The number of benzene rings is 4. The van der Waals surface area contributed by atoms with E-state index < -0.39 is 0 Å². The van der Waals surface area contributed by atoms with E-state index in [9.17, 15) is 0 Å². The van der Waals surface area contributed by atoms with Crippen LogP contribution in [-0.2, 0) is 0 Å². The van der Waals surface area contributed by atoms with Gasteiger partial charge in [-0.15, -0.1) is 0 Å². The smallest absolute Gasteiger partial charge is 0.0746 e. The molecular weight excluding hydrogens is 350 g/mol. The van der Waals surface area contributed by atoms with Crippen molar-refractivity contribution in [2.24, 2.45) is 5.16 Å². The highest BCUT2D eigenvalue weighted by Crippen LogP contribution is 2.41. The Morgan fingerprint density at radius 3 is 1.80 bits per heavy atom. The van der Waals surface area contributed by atoms with Gasteiger partial charge in [-0.3, -0.25) is 0 Å². The normalized spacial score (nSPS) is 11.6. The van der Waals surface area contributed by atoms with E-state index in [2.05, 4.69) is 29.4 Å². The third-order valence-electron chi connectivity index (χ3n) is 4.14. The van der Waals surface area contributed by atoms with Gasteiger partial charge >= 0.3 is 0 Å². The van der Waals surface area contributed by atoms with Gasteiger partial charge in [0.25, 0.3) is 0 Å². The Hall–Kier alpha value is -2.49. The second-order valence-corrected chi connectivity index (χ2v) is 7.15. The molecule has 0 aromatic heterocycles. The molecule has 0 atom stereocenters. The molecular formula is C21H14ClNOS. The van der Waals surface area contributed by atoms with Gasteiger partial charge in [0, 0.05) is 20.4 Å². The third-order valence-corrected chi connectivity index (χ3v) is 5.55. The van der Waals surface area contributed by atoms with Crippen molar-refractivity contribution in [3.8, 4) is 0 Å². The Kier molecular flexibility index (Phi) is 4.35. The summed E-state index contributed by atoms with van der Waals surface area (Å²) in [6.45, 7) is 0. The van der Waals surface area contributed by atoms with Crippen LogP contribution in [0.1, 0.15) is 5.56 Å². The summed E-state index contributed by atoms with van der Waals surface area (Å²) in [7, 11) is 0. The first-order chi connectivity index (χ1) is 12.3. The monoisotopic (exact) mass is 363 g/mol. The van der Waals surface area contributed by atoms with Crippen LogP contribution in [-0.4, -0.2) is 11.4 Å². The molecule has 0 saturated heterocycles. The molecule has 0 aliphatic heterocycles. The van der Waals surface area contributed by atoms with Crippen LogP contribution in [0.5, 0.6) is 0 Å². The van der Waals surface area contributed by atoms with E-state index >= 15 is 0 Å². The Morgan fingerprint density at radius 2 is 1.28 bits per heavy atom. The highest BCUT2D eigenvalue weighted by molar-refractivity contribution is 7.99. The average molecular weight is 364 g/mol. The topological polar surface area (TPSA) is 32.6 Å². The minimum atomic E-state index is 0.730. The van der Waals surface area contributed by atoms with Crippen LogP contribution in [0, 0.1) is 0 Å². The molecule has 4 rings (SSSR count). The lowest BCUT2D eigenvalue weighted by molar-refractivity contribution is 0.322. The zero-order chi connectivity index (χ0) is 17.2. The predicted octanol–water partition coefficient (Wildman–Crippen LogP) is 6.61. The largest absolute Gasteiger partial charge is 0.411 e. The molecule has 0 aliphatic rings. The van der Waals surface area contributed by atoms with Gasteiger partial charge in [0.15, 0.2) is 0 Å². The molecule has 0 fully saturated rings. The van der Waals surface area contributed by atoms with Gasteiger partial charge in [-0.05, 0) is 45.8 Å². The highest BCUT2D eigenvalue weighted by atomic mass is 35.5. The Morgan fingerprint density at radius 1 is 0.760 bits per heavy atom. The lowest BCUT2D eigenvalue weighted by atomic mass is 9.97. The van der Waals surface area contributed by atoms with Crippen LogP contribution in [0.2, 0.25) is 5.02 Å². The fourth-order valence-electron chi connectivity index (χ4n) is 3.05. The molecule has 0 bridgehead atoms. The molecule has 4 aromatic carbocycles. The summed E-state index contributed by atoms with van der Waals surface area (Å²) in [5.41, 5.74) is 0.925. The minimum absolute atomic E-state index is 0.730. The molecule has 4 aromatic rings. The van der Waals surface area contributed by atoms with Crippen molar-refractivity contribution in [3.05, 3.63) is 83.4 Å². The van der Waals surface area contributed by atoms with E-state index in [1.165, 1.54) is 11.1 Å². The van der Waals surface area contributed by atoms with E-state index in [4.69, 9.17) is 16.8 Å². The zero-order valence-corrected chi connectivity index (χ0v) is 14.8. The van der Waals surface area contributed by atoms with Crippen molar-refractivity contribution in [1.29, 1.82) is 0 Å². The predicted molar refractivity (Wildman–Crippen MR) is 106 cm³/mol. The standard InChI is InChI=1S/C21H14ClNOS/c22-14-9-11-15(12-10-14)25-21-18-7-3-1-5-16(18)20(13-23-24)17-6-2-4-8-19(17)21/h1-13,24H. The van der Waals surface area contributed by atoms with Crippen LogP contribution < -0.4 is 0 Å².